The lowest BCUT2D eigenvalue weighted by atomic mass is 9.91. The van der Waals surface area contributed by atoms with E-state index in [0.717, 1.165) is 42.7 Å². The van der Waals surface area contributed by atoms with Crippen LogP contribution in [-0.4, -0.2) is 23.9 Å². The number of hydrogen-bond donors (Lipinski definition) is 2. The quantitative estimate of drug-likeness (QED) is 0.769. The molecular formula is C23H31N3O. The minimum atomic E-state index is 0.0368. The first-order chi connectivity index (χ1) is 13.0. The van der Waals surface area contributed by atoms with Crippen molar-refractivity contribution in [2.75, 3.05) is 18.8 Å². The van der Waals surface area contributed by atoms with Crippen LogP contribution in [0.4, 0.5) is 5.69 Å². The minimum Gasteiger partial charge on any atom is -0.399 e. The summed E-state index contributed by atoms with van der Waals surface area (Å²) < 4.78 is 0. The molecule has 3 N–H and O–H groups in total. The van der Waals surface area contributed by atoms with E-state index in [-0.39, 0.29) is 5.91 Å². The van der Waals surface area contributed by atoms with Crippen LogP contribution in [0, 0.1) is 11.8 Å². The summed E-state index contributed by atoms with van der Waals surface area (Å²) in [6, 6.07) is 15.9. The number of anilines is 1. The average Bonchev–Trinajstić information content (AvgIpc) is 2.62. The van der Waals surface area contributed by atoms with E-state index in [1.165, 1.54) is 17.5 Å². The van der Waals surface area contributed by atoms with Crippen molar-refractivity contribution in [1.29, 1.82) is 0 Å². The number of carbonyl (C=O) groups excluding carboxylic acids is 1. The lowest BCUT2D eigenvalue weighted by Gasteiger charge is -2.35. The molecule has 1 heterocycles. The molecule has 3 rings (SSSR count). The predicted octanol–water partition coefficient (Wildman–Crippen LogP) is 3.61. The maximum atomic E-state index is 12.3. The van der Waals surface area contributed by atoms with E-state index in [4.69, 9.17) is 5.73 Å². The van der Waals surface area contributed by atoms with Crippen LogP contribution < -0.4 is 11.1 Å². The molecule has 2 unspecified atom stereocenters. The number of piperidine rings is 1. The van der Waals surface area contributed by atoms with Gasteiger partial charge in [0.1, 0.15) is 0 Å². The Morgan fingerprint density at radius 3 is 2.33 bits per heavy atom. The molecule has 0 bridgehead atoms. The Morgan fingerprint density at radius 2 is 1.67 bits per heavy atom. The summed E-state index contributed by atoms with van der Waals surface area (Å²) in [6.45, 7) is 8.52. The molecule has 2 aromatic rings. The lowest BCUT2D eigenvalue weighted by molar-refractivity contribution is -0.120. The molecule has 1 aliphatic heterocycles. The monoisotopic (exact) mass is 365 g/mol. The van der Waals surface area contributed by atoms with Gasteiger partial charge >= 0.3 is 0 Å². The normalized spacial score (nSPS) is 20.4. The molecule has 4 heteroatoms. The third-order valence-corrected chi connectivity index (χ3v) is 5.28. The van der Waals surface area contributed by atoms with Gasteiger partial charge in [0.25, 0.3) is 0 Å². The van der Waals surface area contributed by atoms with Crippen molar-refractivity contribution in [1.82, 2.24) is 10.2 Å². The van der Waals surface area contributed by atoms with E-state index < -0.39 is 0 Å². The molecule has 1 fully saturated rings. The molecule has 144 valence electrons. The van der Waals surface area contributed by atoms with Gasteiger partial charge in [-0.25, -0.2) is 0 Å². The van der Waals surface area contributed by atoms with Crippen molar-refractivity contribution in [2.45, 2.75) is 39.8 Å². The first-order valence-corrected chi connectivity index (χ1v) is 9.90. The smallest absolute Gasteiger partial charge is 0.224 e. The van der Waals surface area contributed by atoms with E-state index >= 15 is 0 Å². The molecule has 0 radical (unpaired) electrons. The molecule has 4 nitrogen and oxygen atoms in total. The number of benzene rings is 2. The summed E-state index contributed by atoms with van der Waals surface area (Å²) in [5.74, 6) is 1.54. The van der Waals surface area contributed by atoms with Crippen LogP contribution in [-0.2, 0) is 24.3 Å². The van der Waals surface area contributed by atoms with Gasteiger partial charge in [-0.3, -0.25) is 9.69 Å². The molecule has 1 saturated heterocycles. The fourth-order valence-corrected chi connectivity index (χ4v) is 4.12. The first kappa shape index (κ1) is 19.4. The molecule has 2 aromatic carbocycles. The van der Waals surface area contributed by atoms with Crippen molar-refractivity contribution >= 4 is 11.6 Å². The van der Waals surface area contributed by atoms with Crippen molar-refractivity contribution in [3.05, 3.63) is 65.2 Å². The Labute approximate surface area is 162 Å². The Balaban J connectivity index is 1.57. The van der Waals surface area contributed by atoms with Gasteiger partial charge < -0.3 is 11.1 Å². The highest BCUT2D eigenvalue weighted by Gasteiger charge is 2.22. The Bertz CT molecular complexity index is 746. The fraction of sp³-hybridized carbons (Fsp3) is 0.435. The number of hydrogen-bond acceptors (Lipinski definition) is 3. The van der Waals surface area contributed by atoms with Crippen molar-refractivity contribution in [3.8, 4) is 0 Å². The SMILES string of the molecule is CC1CC(C)CN(Cc2ccccc2CNC(=O)Cc2ccc(N)cc2)C1. The van der Waals surface area contributed by atoms with Crippen molar-refractivity contribution < 1.29 is 4.79 Å². The molecular weight excluding hydrogens is 334 g/mol. The standard InChI is InChI=1S/C23H31N3O/c1-17-11-18(2)15-26(14-17)16-21-6-4-3-5-20(21)13-25-23(27)12-19-7-9-22(24)10-8-19/h3-10,17-18H,11-16,24H2,1-2H3,(H,25,27). The highest BCUT2D eigenvalue weighted by Crippen LogP contribution is 2.23. The maximum Gasteiger partial charge on any atom is 0.224 e. The summed E-state index contributed by atoms with van der Waals surface area (Å²) >= 11 is 0. The minimum absolute atomic E-state index is 0.0368. The van der Waals surface area contributed by atoms with Crippen LogP contribution in [0.2, 0.25) is 0 Å². The summed E-state index contributed by atoms with van der Waals surface area (Å²) in [6.07, 6.45) is 1.70. The Hall–Kier alpha value is -2.33. The maximum absolute atomic E-state index is 12.3. The van der Waals surface area contributed by atoms with Gasteiger partial charge in [-0.2, -0.15) is 0 Å². The van der Waals surface area contributed by atoms with E-state index in [1.54, 1.807) is 0 Å². The number of rotatable bonds is 6. The summed E-state index contributed by atoms with van der Waals surface area (Å²) in [4.78, 5) is 14.9. The molecule has 0 spiro atoms. The van der Waals surface area contributed by atoms with E-state index in [9.17, 15) is 4.79 Å². The van der Waals surface area contributed by atoms with E-state index in [0.29, 0.717) is 13.0 Å². The third-order valence-electron chi connectivity index (χ3n) is 5.28. The Kier molecular flexibility index (Phi) is 6.51. The van der Waals surface area contributed by atoms with Crippen LogP contribution in [0.1, 0.15) is 37.0 Å². The van der Waals surface area contributed by atoms with Gasteiger partial charge in [-0.1, -0.05) is 50.2 Å². The summed E-state index contributed by atoms with van der Waals surface area (Å²) in [7, 11) is 0. The fourth-order valence-electron chi connectivity index (χ4n) is 4.12. The lowest BCUT2D eigenvalue weighted by Crippen LogP contribution is -2.38. The molecule has 0 aromatic heterocycles. The highest BCUT2D eigenvalue weighted by atomic mass is 16.1. The van der Waals surface area contributed by atoms with E-state index in [2.05, 4.69) is 42.3 Å². The summed E-state index contributed by atoms with van der Waals surface area (Å²) in [5.41, 5.74) is 9.91. The highest BCUT2D eigenvalue weighted by molar-refractivity contribution is 5.78. The van der Waals surface area contributed by atoms with Crippen molar-refractivity contribution in [2.24, 2.45) is 11.8 Å². The zero-order chi connectivity index (χ0) is 19.2. The topological polar surface area (TPSA) is 58.4 Å². The third kappa shape index (κ3) is 5.83. The van der Waals surface area contributed by atoms with Gasteiger partial charge in [-0.05, 0) is 47.1 Å². The van der Waals surface area contributed by atoms with Gasteiger partial charge in [0.15, 0.2) is 0 Å². The number of nitrogens with one attached hydrogen (secondary N) is 1. The second-order valence-electron chi connectivity index (χ2n) is 8.10. The second kappa shape index (κ2) is 9.05. The second-order valence-corrected chi connectivity index (χ2v) is 8.10. The number of nitrogens with zero attached hydrogens (tertiary/aromatic N) is 1. The van der Waals surface area contributed by atoms with Crippen LogP contribution in [0.3, 0.4) is 0 Å². The molecule has 0 aliphatic carbocycles. The largest absolute Gasteiger partial charge is 0.399 e. The molecule has 0 saturated carbocycles. The Morgan fingerprint density at radius 1 is 1.04 bits per heavy atom. The van der Waals surface area contributed by atoms with Gasteiger partial charge in [0.05, 0.1) is 6.42 Å². The molecule has 2 atom stereocenters. The van der Waals surface area contributed by atoms with Crippen molar-refractivity contribution in [3.63, 3.8) is 0 Å². The number of amides is 1. The van der Waals surface area contributed by atoms with E-state index in [1.807, 2.05) is 30.3 Å². The summed E-state index contributed by atoms with van der Waals surface area (Å²) in [5, 5.41) is 3.07. The first-order valence-electron chi connectivity index (χ1n) is 9.90. The van der Waals surface area contributed by atoms with Gasteiger partial charge in [0, 0.05) is 31.9 Å². The molecule has 1 aliphatic rings. The zero-order valence-electron chi connectivity index (χ0n) is 16.4. The predicted molar refractivity (Wildman–Crippen MR) is 111 cm³/mol. The number of nitrogen functional groups attached to an aromatic ring is 1. The average molecular weight is 366 g/mol. The number of likely N-dealkylation sites (tertiary alicyclic amines) is 1. The number of carbonyl (C=O) groups is 1. The van der Waals surface area contributed by atoms with Gasteiger partial charge in [0.2, 0.25) is 5.91 Å². The van der Waals surface area contributed by atoms with Crippen LogP contribution in [0.5, 0.6) is 0 Å². The zero-order valence-corrected chi connectivity index (χ0v) is 16.4. The van der Waals surface area contributed by atoms with Crippen LogP contribution in [0.15, 0.2) is 48.5 Å². The van der Waals surface area contributed by atoms with Crippen LogP contribution in [0.25, 0.3) is 0 Å². The number of nitrogens with two attached hydrogens (primary N) is 1. The van der Waals surface area contributed by atoms with Gasteiger partial charge in [-0.15, -0.1) is 0 Å². The molecule has 27 heavy (non-hydrogen) atoms. The molecule has 1 amide bonds. The van der Waals surface area contributed by atoms with Crippen LogP contribution >= 0.6 is 0 Å².